The van der Waals surface area contributed by atoms with Crippen LogP contribution in [0.4, 0.5) is 0 Å². The van der Waals surface area contributed by atoms with Gasteiger partial charge in [0.2, 0.25) is 10.9 Å². The monoisotopic (exact) mass is 195 g/mol. The van der Waals surface area contributed by atoms with E-state index in [1.54, 1.807) is 0 Å². The van der Waals surface area contributed by atoms with Crippen molar-refractivity contribution in [3.8, 4) is 0 Å². The zero-order chi connectivity index (χ0) is 8.43. The van der Waals surface area contributed by atoms with Gasteiger partial charge in [-0.25, -0.2) is 4.79 Å². The van der Waals surface area contributed by atoms with Crippen LogP contribution in [-0.2, 0) is 4.74 Å². The fourth-order valence-corrected chi connectivity index (χ4v) is 0.893. The van der Waals surface area contributed by atoms with E-state index in [-0.39, 0.29) is 16.3 Å². The Hall–Kier alpha value is -0.740. The lowest BCUT2D eigenvalue weighted by atomic mass is 10.5. The summed E-state index contributed by atoms with van der Waals surface area (Å²) in [5.41, 5.74) is -0.112. The summed E-state index contributed by atoms with van der Waals surface area (Å²) in [7, 11) is 1.21. The number of hydrogen-bond acceptors (Lipinski definition) is 4. The minimum absolute atomic E-state index is 0.112. The average molecular weight is 196 g/mol. The highest BCUT2D eigenvalue weighted by Gasteiger charge is 2.17. The fraction of sp³-hybridized carbons (Fsp3) is 0.200. The molecule has 0 unspecified atom stereocenters. The van der Waals surface area contributed by atoms with E-state index < -0.39 is 5.97 Å². The number of oxazole rings is 1. The first-order chi connectivity index (χ1) is 5.15. The highest BCUT2D eigenvalue weighted by molar-refractivity contribution is 6.33. The molecule has 0 aliphatic rings. The molecule has 0 aliphatic heterocycles. The third-order valence-corrected chi connectivity index (χ3v) is 1.36. The third-order valence-electron chi connectivity index (χ3n) is 0.938. The van der Waals surface area contributed by atoms with E-state index in [4.69, 9.17) is 23.2 Å². The van der Waals surface area contributed by atoms with Gasteiger partial charge in [0.15, 0.2) is 0 Å². The maximum Gasteiger partial charge on any atom is 0.361 e. The van der Waals surface area contributed by atoms with Crippen LogP contribution in [0.1, 0.15) is 10.5 Å². The number of aromatic nitrogens is 1. The van der Waals surface area contributed by atoms with Gasteiger partial charge < -0.3 is 9.15 Å². The minimum Gasteiger partial charge on any atom is -0.464 e. The second-order valence-corrected chi connectivity index (χ2v) is 2.25. The summed E-state index contributed by atoms with van der Waals surface area (Å²) < 4.78 is 8.88. The summed E-state index contributed by atoms with van der Waals surface area (Å²) in [4.78, 5) is 14.2. The van der Waals surface area contributed by atoms with Gasteiger partial charge in [-0.15, -0.1) is 0 Å². The van der Waals surface area contributed by atoms with Crippen molar-refractivity contribution in [3.05, 3.63) is 16.3 Å². The van der Waals surface area contributed by atoms with Gasteiger partial charge in [0, 0.05) is 0 Å². The van der Waals surface area contributed by atoms with E-state index in [1.165, 1.54) is 7.11 Å². The number of halogens is 2. The number of hydrogen-bond donors (Lipinski definition) is 0. The summed E-state index contributed by atoms with van der Waals surface area (Å²) in [6.07, 6.45) is 0. The molecular weight excluding hydrogens is 193 g/mol. The lowest BCUT2D eigenvalue weighted by Crippen LogP contribution is -2.01. The molecule has 0 aliphatic carbocycles. The Bertz CT molecular complexity index is 283. The molecular formula is C5H3Cl2NO3. The zero-order valence-corrected chi connectivity index (χ0v) is 6.94. The van der Waals surface area contributed by atoms with E-state index in [0.29, 0.717) is 0 Å². The number of methoxy groups -OCH3 is 1. The number of rotatable bonds is 1. The van der Waals surface area contributed by atoms with Crippen molar-refractivity contribution in [2.75, 3.05) is 7.11 Å². The molecule has 0 saturated heterocycles. The highest BCUT2D eigenvalue weighted by Crippen LogP contribution is 2.20. The molecule has 1 heterocycles. The first-order valence-electron chi connectivity index (χ1n) is 2.55. The molecule has 0 fully saturated rings. The Kier molecular flexibility index (Phi) is 2.36. The van der Waals surface area contributed by atoms with Crippen LogP contribution in [0.15, 0.2) is 4.42 Å². The summed E-state index contributed by atoms with van der Waals surface area (Å²) in [5.74, 6) is -0.675. The van der Waals surface area contributed by atoms with Crippen molar-refractivity contribution in [1.82, 2.24) is 4.98 Å². The van der Waals surface area contributed by atoms with Crippen LogP contribution in [-0.4, -0.2) is 18.1 Å². The minimum atomic E-state index is -0.675. The van der Waals surface area contributed by atoms with Crippen LogP contribution in [0.5, 0.6) is 0 Å². The Morgan fingerprint density at radius 1 is 1.64 bits per heavy atom. The topological polar surface area (TPSA) is 52.3 Å². The largest absolute Gasteiger partial charge is 0.464 e. The zero-order valence-electron chi connectivity index (χ0n) is 5.43. The Balaban J connectivity index is 3.03. The molecule has 0 amide bonds. The molecule has 1 rings (SSSR count). The molecule has 0 N–H and O–H groups in total. The Labute approximate surface area is 72.1 Å². The van der Waals surface area contributed by atoms with Crippen molar-refractivity contribution in [1.29, 1.82) is 0 Å². The van der Waals surface area contributed by atoms with E-state index in [2.05, 4.69) is 14.1 Å². The molecule has 0 spiro atoms. The van der Waals surface area contributed by atoms with Gasteiger partial charge in [0.1, 0.15) is 0 Å². The summed E-state index contributed by atoms with van der Waals surface area (Å²) in [5, 5.41) is -0.350. The summed E-state index contributed by atoms with van der Waals surface area (Å²) >= 11 is 10.7. The van der Waals surface area contributed by atoms with Gasteiger partial charge in [-0.2, -0.15) is 4.98 Å². The van der Waals surface area contributed by atoms with Crippen molar-refractivity contribution in [3.63, 3.8) is 0 Å². The normalized spacial score (nSPS) is 9.73. The maximum atomic E-state index is 10.8. The van der Waals surface area contributed by atoms with Crippen LogP contribution in [0, 0.1) is 0 Å². The molecule has 1 aromatic heterocycles. The van der Waals surface area contributed by atoms with Crippen molar-refractivity contribution >= 4 is 29.2 Å². The van der Waals surface area contributed by atoms with E-state index in [1.807, 2.05) is 0 Å². The molecule has 0 radical (unpaired) electrons. The first-order valence-corrected chi connectivity index (χ1v) is 3.31. The van der Waals surface area contributed by atoms with Crippen LogP contribution in [0.2, 0.25) is 10.6 Å². The van der Waals surface area contributed by atoms with Gasteiger partial charge >= 0.3 is 5.97 Å². The summed E-state index contributed by atoms with van der Waals surface area (Å²) in [6, 6.07) is 0. The van der Waals surface area contributed by atoms with Crippen LogP contribution >= 0.6 is 23.2 Å². The van der Waals surface area contributed by atoms with Gasteiger partial charge in [-0.1, -0.05) is 0 Å². The summed E-state index contributed by atoms with van der Waals surface area (Å²) in [6.45, 7) is 0. The average Bonchev–Trinajstić information content (AvgIpc) is 2.28. The molecule has 60 valence electrons. The Morgan fingerprint density at radius 2 is 2.27 bits per heavy atom. The predicted molar refractivity (Wildman–Crippen MR) is 37.9 cm³/mol. The van der Waals surface area contributed by atoms with Crippen molar-refractivity contribution in [2.24, 2.45) is 0 Å². The van der Waals surface area contributed by atoms with E-state index in [0.717, 1.165) is 0 Å². The van der Waals surface area contributed by atoms with Gasteiger partial charge in [-0.3, -0.25) is 0 Å². The molecule has 0 saturated carbocycles. The third kappa shape index (κ3) is 1.64. The Morgan fingerprint density at radius 3 is 2.64 bits per heavy atom. The predicted octanol–water partition coefficient (Wildman–Crippen LogP) is 1.77. The highest BCUT2D eigenvalue weighted by atomic mass is 35.5. The van der Waals surface area contributed by atoms with Gasteiger partial charge in [0.05, 0.1) is 7.11 Å². The number of carbonyl (C=O) groups is 1. The van der Waals surface area contributed by atoms with Crippen LogP contribution < -0.4 is 0 Å². The van der Waals surface area contributed by atoms with Crippen molar-refractivity contribution < 1.29 is 13.9 Å². The molecule has 0 bridgehead atoms. The van der Waals surface area contributed by atoms with Gasteiger partial charge in [0.25, 0.3) is 5.35 Å². The van der Waals surface area contributed by atoms with Crippen LogP contribution in [0.25, 0.3) is 0 Å². The number of carbonyl (C=O) groups excluding carboxylic acids is 1. The molecule has 4 nitrogen and oxygen atoms in total. The number of ether oxygens (including phenoxy) is 1. The lowest BCUT2D eigenvalue weighted by Gasteiger charge is -1.90. The molecule has 0 aromatic carbocycles. The molecule has 6 heteroatoms. The maximum absolute atomic E-state index is 10.8. The smallest absolute Gasteiger partial charge is 0.361 e. The molecule has 1 aromatic rings. The van der Waals surface area contributed by atoms with E-state index >= 15 is 0 Å². The van der Waals surface area contributed by atoms with Gasteiger partial charge in [-0.05, 0) is 23.2 Å². The molecule has 0 atom stereocenters. The lowest BCUT2D eigenvalue weighted by molar-refractivity contribution is 0.0594. The number of nitrogens with zero attached hydrogens (tertiary/aromatic N) is 1. The van der Waals surface area contributed by atoms with Crippen molar-refractivity contribution in [2.45, 2.75) is 0 Å². The fourth-order valence-electron chi connectivity index (χ4n) is 0.500. The first kappa shape index (κ1) is 8.36. The quantitative estimate of drug-likeness (QED) is 0.642. The number of esters is 1. The SMILES string of the molecule is COC(=O)c1nc(Cl)oc1Cl. The van der Waals surface area contributed by atoms with E-state index in [9.17, 15) is 4.79 Å². The van der Waals surface area contributed by atoms with Crippen LogP contribution in [0.3, 0.4) is 0 Å². The standard InChI is InChI=1S/C5H3Cl2NO3/c1-10-4(9)2-3(6)11-5(7)8-2/h1H3. The second kappa shape index (κ2) is 3.11. The molecule has 11 heavy (non-hydrogen) atoms. The second-order valence-electron chi connectivity index (χ2n) is 1.58.